The van der Waals surface area contributed by atoms with Crippen LogP contribution in [0.25, 0.3) is 11.3 Å². The molecule has 1 aromatic heterocycles. The molecule has 2 aromatic carbocycles. The van der Waals surface area contributed by atoms with Crippen molar-refractivity contribution in [3.63, 3.8) is 0 Å². The molecule has 0 fully saturated rings. The molecule has 6 heteroatoms. The summed E-state index contributed by atoms with van der Waals surface area (Å²) in [5.41, 5.74) is 2.86. The minimum absolute atomic E-state index is 0.213. The Kier molecular flexibility index (Phi) is 4.82. The molecule has 3 rings (SSSR count). The SMILES string of the molecule is COc1ccc(-c2[nH]ncc2C(=O)NCc2ccccc2Cl)cc1. The number of halogens is 1. The standard InChI is InChI=1S/C18H16ClN3O2/c1-24-14-8-6-12(7-9-14)17-15(11-21-22-17)18(23)20-10-13-4-2-3-5-16(13)19/h2-9,11H,10H2,1H3,(H,20,23)(H,21,22). The Morgan fingerprint density at radius 2 is 1.96 bits per heavy atom. The van der Waals surface area contributed by atoms with Gasteiger partial charge in [0.2, 0.25) is 0 Å². The number of H-pyrrole nitrogens is 1. The molecule has 2 N–H and O–H groups in total. The van der Waals surface area contributed by atoms with Crippen LogP contribution in [0.2, 0.25) is 5.02 Å². The van der Waals surface area contributed by atoms with Crippen molar-refractivity contribution in [2.75, 3.05) is 7.11 Å². The van der Waals surface area contributed by atoms with E-state index in [9.17, 15) is 4.79 Å². The summed E-state index contributed by atoms with van der Waals surface area (Å²) in [5, 5.41) is 10.4. The summed E-state index contributed by atoms with van der Waals surface area (Å²) in [6, 6.07) is 14.8. The van der Waals surface area contributed by atoms with Gasteiger partial charge >= 0.3 is 0 Å². The molecule has 0 spiro atoms. The molecule has 0 aliphatic rings. The highest BCUT2D eigenvalue weighted by atomic mass is 35.5. The second-order valence-corrected chi connectivity index (χ2v) is 5.57. The van der Waals surface area contributed by atoms with Gasteiger partial charge in [-0.3, -0.25) is 9.89 Å². The number of aromatic nitrogens is 2. The van der Waals surface area contributed by atoms with E-state index < -0.39 is 0 Å². The predicted octanol–water partition coefficient (Wildman–Crippen LogP) is 3.67. The number of aromatic amines is 1. The Morgan fingerprint density at radius 1 is 1.21 bits per heavy atom. The lowest BCUT2D eigenvalue weighted by Crippen LogP contribution is -2.23. The van der Waals surface area contributed by atoms with Crippen LogP contribution in [0, 0.1) is 0 Å². The van der Waals surface area contributed by atoms with E-state index in [2.05, 4.69) is 15.5 Å². The fourth-order valence-electron chi connectivity index (χ4n) is 2.35. The molecular weight excluding hydrogens is 326 g/mol. The van der Waals surface area contributed by atoms with Crippen LogP contribution in [0.5, 0.6) is 5.75 Å². The lowest BCUT2D eigenvalue weighted by Gasteiger charge is -2.08. The summed E-state index contributed by atoms with van der Waals surface area (Å²) < 4.78 is 5.15. The molecule has 122 valence electrons. The molecule has 0 aliphatic heterocycles. The molecule has 3 aromatic rings. The quantitative estimate of drug-likeness (QED) is 0.744. The van der Waals surface area contributed by atoms with Gasteiger partial charge in [0, 0.05) is 17.1 Å². The predicted molar refractivity (Wildman–Crippen MR) is 93.2 cm³/mol. The van der Waals surface area contributed by atoms with Gasteiger partial charge in [0.05, 0.1) is 24.6 Å². The van der Waals surface area contributed by atoms with Crippen LogP contribution in [0.15, 0.2) is 54.7 Å². The number of nitrogens with zero attached hydrogens (tertiary/aromatic N) is 1. The van der Waals surface area contributed by atoms with Gasteiger partial charge in [0.1, 0.15) is 5.75 Å². The molecule has 0 aliphatic carbocycles. The number of carbonyl (C=O) groups excluding carboxylic acids is 1. The van der Waals surface area contributed by atoms with Crippen molar-refractivity contribution in [1.29, 1.82) is 0 Å². The number of hydrogen-bond acceptors (Lipinski definition) is 3. The molecule has 1 amide bonds. The molecule has 0 bridgehead atoms. The number of carbonyl (C=O) groups is 1. The second kappa shape index (κ2) is 7.19. The number of methoxy groups -OCH3 is 1. The van der Waals surface area contributed by atoms with Crippen molar-refractivity contribution in [2.24, 2.45) is 0 Å². The molecule has 0 saturated heterocycles. The third-order valence-electron chi connectivity index (χ3n) is 3.66. The van der Waals surface area contributed by atoms with Crippen molar-refractivity contribution in [1.82, 2.24) is 15.5 Å². The van der Waals surface area contributed by atoms with E-state index in [4.69, 9.17) is 16.3 Å². The zero-order valence-electron chi connectivity index (χ0n) is 13.0. The van der Waals surface area contributed by atoms with Crippen LogP contribution >= 0.6 is 11.6 Å². The molecule has 0 radical (unpaired) electrons. The first kappa shape index (κ1) is 16.1. The molecular formula is C18H16ClN3O2. The zero-order valence-corrected chi connectivity index (χ0v) is 13.8. The van der Waals surface area contributed by atoms with E-state index in [0.29, 0.717) is 22.8 Å². The molecule has 0 atom stereocenters. The fourth-order valence-corrected chi connectivity index (χ4v) is 2.55. The van der Waals surface area contributed by atoms with Gasteiger partial charge in [-0.2, -0.15) is 5.10 Å². The van der Waals surface area contributed by atoms with Gasteiger partial charge < -0.3 is 10.1 Å². The van der Waals surface area contributed by atoms with Crippen molar-refractivity contribution in [2.45, 2.75) is 6.54 Å². The van der Waals surface area contributed by atoms with Crippen molar-refractivity contribution in [3.05, 3.63) is 70.9 Å². The first-order chi connectivity index (χ1) is 11.7. The minimum Gasteiger partial charge on any atom is -0.497 e. The van der Waals surface area contributed by atoms with Crippen LogP contribution < -0.4 is 10.1 Å². The molecule has 1 heterocycles. The maximum Gasteiger partial charge on any atom is 0.255 e. The second-order valence-electron chi connectivity index (χ2n) is 5.16. The first-order valence-corrected chi connectivity index (χ1v) is 7.76. The highest BCUT2D eigenvalue weighted by Gasteiger charge is 2.15. The van der Waals surface area contributed by atoms with E-state index in [1.807, 2.05) is 42.5 Å². The van der Waals surface area contributed by atoms with Crippen LogP contribution in [0.1, 0.15) is 15.9 Å². The van der Waals surface area contributed by atoms with Crippen molar-refractivity contribution >= 4 is 17.5 Å². The Balaban J connectivity index is 1.76. The van der Waals surface area contributed by atoms with E-state index >= 15 is 0 Å². The maximum absolute atomic E-state index is 12.5. The Bertz CT molecular complexity index is 843. The summed E-state index contributed by atoms with van der Waals surface area (Å²) in [5.74, 6) is 0.539. The average molecular weight is 342 g/mol. The summed E-state index contributed by atoms with van der Waals surface area (Å²) in [7, 11) is 1.61. The first-order valence-electron chi connectivity index (χ1n) is 7.38. The van der Waals surface area contributed by atoms with E-state index in [-0.39, 0.29) is 5.91 Å². The Morgan fingerprint density at radius 3 is 2.67 bits per heavy atom. The molecule has 5 nitrogen and oxygen atoms in total. The van der Waals surface area contributed by atoms with Gasteiger partial charge in [-0.25, -0.2) is 0 Å². The number of hydrogen-bond donors (Lipinski definition) is 2. The Hall–Kier alpha value is -2.79. The van der Waals surface area contributed by atoms with Crippen LogP contribution in [0.4, 0.5) is 0 Å². The van der Waals surface area contributed by atoms with E-state index in [1.54, 1.807) is 13.2 Å². The molecule has 0 saturated carbocycles. The fraction of sp³-hybridized carbons (Fsp3) is 0.111. The smallest absolute Gasteiger partial charge is 0.255 e. The number of ether oxygens (including phenoxy) is 1. The summed E-state index contributed by atoms with van der Waals surface area (Å²) >= 11 is 6.11. The molecule has 24 heavy (non-hydrogen) atoms. The lowest BCUT2D eigenvalue weighted by molar-refractivity contribution is 0.0951. The van der Waals surface area contributed by atoms with Gasteiger partial charge in [-0.05, 0) is 35.9 Å². The number of nitrogens with one attached hydrogen (secondary N) is 2. The largest absolute Gasteiger partial charge is 0.497 e. The number of amides is 1. The van der Waals surface area contributed by atoms with E-state index in [0.717, 1.165) is 16.9 Å². The summed E-state index contributed by atoms with van der Waals surface area (Å²) in [6.07, 6.45) is 1.52. The van der Waals surface area contributed by atoms with Crippen molar-refractivity contribution in [3.8, 4) is 17.0 Å². The van der Waals surface area contributed by atoms with E-state index in [1.165, 1.54) is 6.20 Å². The number of benzene rings is 2. The van der Waals surface area contributed by atoms with Crippen LogP contribution in [-0.2, 0) is 6.54 Å². The van der Waals surface area contributed by atoms with Gasteiger partial charge in [0.25, 0.3) is 5.91 Å². The Labute approximate surface area is 144 Å². The third-order valence-corrected chi connectivity index (χ3v) is 4.03. The number of rotatable bonds is 5. The lowest BCUT2D eigenvalue weighted by atomic mass is 10.1. The van der Waals surface area contributed by atoms with Gasteiger partial charge in [-0.1, -0.05) is 29.8 Å². The highest BCUT2D eigenvalue weighted by molar-refractivity contribution is 6.31. The molecule has 0 unspecified atom stereocenters. The highest BCUT2D eigenvalue weighted by Crippen LogP contribution is 2.24. The van der Waals surface area contributed by atoms with Crippen LogP contribution in [-0.4, -0.2) is 23.2 Å². The monoisotopic (exact) mass is 341 g/mol. The normalized spacial score (nSPS) is 10.4. The topological polar surface area (TPSA) is 67.0 Å². The maximum atomic E-state index is 12.5. The zero-order chi connectivity index (χ0) is 16.9. The minimum atomic E-state index is -0.213. The summed E-state index contributed by atoms with van der Waals surface area (Å²) in [6.45, 7) is 0.353. The van der Waals surface area contributed by atoms with Gasteiger partial charge in [-0.15, -0.1) is 0 Å². The summed E-state index contributed by atoms with van der Waals surface area (Å²) in [4.78, 5) is 12.5. The van der Waals surface area contributed by atoms with Crippen molar-refractivity contribution < 1.29 is 9.53 Å². The third kappa shape index (κ3) is 3.41. The van der Waals surface area contributed by atoms with Gasteiger partial charge in [0.15, 0.2) is 0 Å². The van der Waals surface area contributed by atoms with Crippen LogP contribution in [0.3, 0.4) is 0 Å². The average Bonchev–Trinajstić information content (AvgIpc) is 3.10.